The van der Waals surface area contributed by atoms with Gasteiger partial charge in [-0.25, -0.2) is 4.79 Å². The van der Waals surface area contributed by atoms with Crippen LogP contribution < -0.4 is 5.56 Å². The van der Waals surface area contributed by atoms with Gasteiger partial charge in [-0.1, -0.05) is 6.07 Å². The van der Waals surface area contributed by atoms with Crippen LogP contribution in [-0.4, -0.2) is 27.7 Å². The highest BCUT2D eigenvalue weighted by molar-refractivity contribution is 7.98. The van der Waals surface area contributed by atoms with Gasteiger partial charge in [0.05, 0.1) is 5.56 Å². The lowest BCUT2D eigenvalue weighted by Gasteiger charge is -2.17. The second kappa shape index (κ2) is 7.99. The minimum Gasteiger partial charge on any atom is -0.477 e. The smallest absolute Gasteiger partial charge is 0.416 e. The largest absolute Gasteiger partial charge is 0.477 e. The van der Waals surface area contributed by atoms with E-state index in [9.17, 15) is 27.9 Å². The summed E-state index contributed by atoms with van der Waals surface area (Å²) < 4.78 is 40.0. The molecule has 0 aliphatic rings. The van der Waals surface area contributed by atoms with Crippen LogP contribution in [0.15, 0.2) is 35.1 Å². The van der Waals surface area contributed by atoms with Gasteiger partial charge in [0.1, 0.15) is 5.56 Å². The standard InChI is InChI=1S/C18H18F3NO3S/c1-11-12(5-4-8-26-2)9-15(17(24)25)16(23)22(11)14-7-3-6-13(10-14)18(19,20)21/h3,6-7,9-10H,4-5,8H2,1-2H3,(H,24,25). The number of nitrogens with zero attached hydrogens (tertiary/aromatic N) is 1. The summed E-state index contributed by atoms with van der Waals surface area (Å²) >= 11 is 1.64. The summed E-state index contributed by atoms with van der Waals surface area (Å²) in [6.07, 6.45) is -1.31. The van der Waals surface area contributed by atoms with Crippen LogP contribution in [0, 0.1) is 6.92 Å². The van der Waals surface area contributed by atoms with Gasteiger partial charge in [0.25, 0.3) is 5.56 Å². The molecule has 0 saturated heterocycles. The van der Waals surface area contributed by atoms with Crippen LogP contribution >= 0.6 is 11.8 Å². The number of pyridine rings is 1. The average Bonchev–Trinajstić information content (AvgIpc) is 2.56. The van der Waals surface area contributed by atoms with Crippen molar-refractivity contribution in [3.8, 4) is 5.69 Å². The molecule has 1 N–H and O–H groups in total. The van der Waals surface area contributed by atoms with E-state index >= 15 is 0 Å². The zero-order valence-corrected chi connectivity index (χ0v) is 15.1. The van der Waals surface area contributed by atoms with E-state index in [1.54, 1.807) is 18.7 Å². The summed E-state index contributed by atoms with van der Waals surface area (Å²) in [6.45, 7) is 1.61. The number of aromatic nitrogens is 1. The Morgan fingerprint density at radius 3 is 2.54 bits per heavy atom. The molecule has 4 nitrogen and oxygen atoms in total. The van der Waals surface area contributed by atoms with Gasteiger partial charge in [-0.2, -0.15) is 24.9 Å². The van der Waals surface area contributed by atoms with E-state index < -0.39 is 28.8 Å². The Kier molecular flexibility index (Phi) is 6.17. The molecule has 0 bridgehead atoms. The van der Waals surface area contributed by atoms with Gasteiger partial charge in [-0.05, 0) is 61.6 Å². The van der Waals surface area contributed by atoms with E-state index in [4.69, 9.17) is 0 Å². The van der Waals surface area contributed by atoms with E-state index in [0.717, 1.165) is 28.9 Å². The van der Waals surface area contributed by atoms with Crippen molar-refractivity contribution in [2.75, 3.05) is 12.0 Å². The summed E-state index contributed by atoms with van der Waals surface area (Å²) in [5.41, 5.74) is -1.12. The van der Waals surface area contributed by atoms with Crippen molar-refractivity contribution >= 4 is 17.7 Å². The molecule has 1 aromatic heterocycles. The molecule has 0 atom stereocenters. The van der Waals surface area contributed by atoms with Gasteiger partial charge in [0.15, 0.2) is 0 Å². The Labute approximate surface area is 152 Å². The van der Waals surface area contributed by atoms with Crippen LogP contribution in [0.1, 0.15) is 33.6 Å². The SMILES string of the molecule is CSCCCc1cc(C(=O)O)c(=O)n(-c2cccc(C(F)(F)F)c2)c1C. The molecule has 0 aliphatic heterocycles. The maximum absolute atomic E-state index is 13.0. The Morgan fingerprint density at radius 1 is 1.27 bits per heavy atom. The molecule has 0 aliphatic carbocycles. The molecule has 0 saturated carbocycles. The first kappa shape index (κ1) is 20.1. The highest BCUT2D eigenvalue weighted by atomic mass is 32.2. The number of aryl methyl sites for hydroxylation is 1. The molecule has 26 heavy (non-hydrogen) atoms. The summed E-state index contributed by atoms with van der Waals surface area (Å²) in [6, 6.07) is 5.65. The molecule has 140 valence electrons. The van der Waals surface area contributed by atoms with Crippen LogP contribution in [0.2, 0.25) is 0 Å². The molecular formula is C18H18F3NO3S. The number of benzene rings is 1. The summed E-state index contributed by atoms with van der Waals surface area (Å²) in [5.74, 6) is -0.549. The van der Waals surface area contributed by atoms with Crippen molar-refractivity contribution < 1.29 is 23.1 Å². The predicted octanol–water partition coefficient (Wildman–Crippen LogP) is 4.16. The lowest BCUT2D eigenvalue weighted by Crippen LogP contribution is -2.28. The molecule has 0 spiro atoms. The van der Waals surface area contributed by atoms with Gasteiger partial charge in [0.2, 0.25) is 0 Å². The van der Waals surface area contributed by atoms with Crippen molar-refractivity contribution in [2.24, 2.45) is 0 Å². The second-order valence-corrected chi connectivity index (χ2v) is 6.74. The molecule has 0 unspecified atom stereocenters. The molecule has 1 aromatic carbocycles. The van der Waals surface area contributed by atoms with E-state index in [1.165, 1.54) is 18.2 Å². The fourth-order valence-corrected chi connectivity index (χ4v) is 3.14. The van der Waals surface area contributed by atoms with Crippen molar-refractivity contribution in [3.05, 3.63) is 63.1 Å². The van der Waals surface area contributed by atoms with E-state index in [2.05, 4.69) is 0 Å². The Morgan fingerprint density at radius 2 is 1.96 bits per heavy atom. The first-order chi connectivity index (χ1) is 12.2. The monoisotopic (exact) mass is 385 g/mol. The van der Waals surface area contributed by atoms with Crippen molar-refractivity contribution in [1.29, 1.82) is 0 Å². The topological polar surface area (TPSA) is 59.3 Å². The van der Waals surface area contributed by atoms with Crippen LogP contribution in [0.5, 0.6) is 0 Å². The van der Waals surface area contributed by atoms with Crippen LogP contribution in [0.4, 0.5) is 13.2 Å². The van der Waals surface area contributed by atoms with Crippen LogP contribution in [0.3, 0.4) is 0 Å². The third kappa shape index (κ3) is 4.30. The van der Waals surface area contributed by atoms with Gasteiger partial charge >= 0.3 is 12.1 Å². The Balaban J connectivity index is 2.67. The molecule has 2 aromatic rings. The number of rotatable bonds is 6. The van der Waals surface area contributed by atoms with Gasteiger partial charge in [-0.3, -0.25) is 9.36 Å². The fraction of sp³-hybridized carbons (Fsp3) is 0.333. The first-order valence-corrected chi connectivity index (χ1v) is 9.21. The molecule has 0 amide bonds. The predicted molar refractivity (Wildman–Crippen MR) is 95.4 cm³/mol. The molecule has 1 heterocycles. The van der Waals surface area contributed by atoms with E-state index in [-0.39, 0.29) is 5.69 Å². The number of carboxylic acid groups (broad SMARTS) is 1. The van der Waals surface area contributed by atoms with Crippen molar-refractivity contribution in [2.45, 2.75) is 25.9 Å². The third-order valence-corrected chi connectivity index (χ3v) is 4.71. The summed E-state index contributed by atoms with van der Waals surface area (Å²) in [7, 11) is 0. The molecule has 8 heteroatoms. The summed E-state index contributed by atoms with van der Waals surface area (Å²) in [4.78, 5) is 24.0. The van der Waals surface area contributed by atoms with E-state index in [1.807, 2.05) is 6.26 Å². The minimum atomic E-state index is -4.56. The highest BCUT2D eigenvalue weighted by Crippen LogP contribution is 2.30. The lowest BCUT2D eigenvalue weighted by molar-refractivity contribution is -0.137. The summed E-state index contributed by atoms with van der Waals surface area (Å²) in [5, 5.41) is 9.31. The number of carbonyl (C=O) groups is 1. The van der Waals surface area contributed by atoms with Gasteiger partial charge in [0, 0.05) is 11.4 Å². The van der Waals surface area contributed by atoms with Crippen molar-refractivity contribution in [3.63, 3.8) is 0 Å². The zero-order chi connectivity index (χ0) is 19.5. The minimum absolute atomic E-state index is 0.00320. The maximum atomic E-state index is 13.0. The zero-order valence-electron chi connectivity index (χ0n) is 14.3. The number of alkyl halides is 3. The number of carboxylic acids is 1. The highest BCUT2D eigenvalue weighted by Gasteiger charge is 2.31. The van der Waals surface area contributed by atoms with Crippen LogP contribution in [0.25, 0.3) is 5.69 Å². The maximum Gasteiger partial charge on any atom is 0.416 e. The second-order valence-electron chi connectivity index (χ2n) is 5.76. The Hall–Kier alpha value is -2.22. The quantitative estimate of drug-likeness (QED) is 0.759. The fourth-order valence-electron chi connectivity index (χ4n) is 2.70. The van der Waals surface area contributed by atoms with E-state index in [0.29, 0.717) is 17.7 Å². The third-order valence-electron chi connectivity index (χ3n) is 4.01. The van der Waals surface area contributed by atoms with Crippen molar-refractivity contribution in [1.82, 2.24) is 4.57 Å². The molecule has 2 rings (SSSR count). The average molecular weight is 385 g/mol. The number of aromatic carboxylic acids is 1. The number of thioether (sulfide) groups is 1. The normalized spacial score (nSPS) is 11.6. The number of hydrogen-bond acceptors (Lipinski definition) is 3. The first-order valence-electron chi connectivity index (χ1n) is 7.82. The number of halogens is 3. The van der Waals surface area contributed by atoms with Crippen LogP contribution in [-0.2, 0) is 12.6 Å². The number of hydrogen-bond donors (Lipinski definition) is 1. The molecule has 0 fully saturated rings. The molecule has 0 radical (unpaired) electrons. The Bertz CT molecular complexity index is 875. The molecular weight excluding hydrogens is 367 g/mol. The lowest BCUT2D eigenvalue weighted by atomic mass is 10.0. The van der Waals surface area contributed by atoms with Gasteiger partial charge in [-0.15, -0.1) is 0 Å². The van der Waals surface area contributed by atoms with Gasteiger partial charge < -0.3 is 5.11 Å².